The van der Waals surface area contributed by atoms with Crippen molar-refractivity contribution in [1.82, 2.24) is 0 Å². The van der Waals surface area contributed by atoms with Crippen molar-refractivity contribution in [1.29, 1.82) is 0 Å². The molecule has 0 radical (unpaired) electrons. The van der Waals surface area contributed by atoms with Crippen molar-refractivity contribution in [2.24, 2.45) is 28.1 Å². The van der Waals surface area contributed by atoms with Crippen molar-refractivity contribution in [3.63, 3.8) is 0 Å². The minimum Gasteiger partial charge on any atom is -0.0649 e. The van der Waals surface area contributed by atoms with Gasteiger partial charge in [-0.15, -0.1) is 0 Å². The maximum absolute atomic E-state index is 2.47. The van der Waals surface area contributed by atoms with Crippen molar-refractivity contribution < 1.29 is 0 Å². The van der Waals surface area contributed by atoms with Crippen LogP contribution in [-0.2, 0) is 0 Å². The van der Waals surface area contributed by atoms with Crippen LogP contribution < -0.4 is 0 Å². The SMILES string of the molecule is CCC12CCC(C(CC(C)(C)C)C(C)C)(CC1)CC2. The van der Waals surface area contributed by atoms with Gasteiger partial charge in [0, 0.05) is 0 Å². The number of hydrogen-bond acceptors (Lipinski definition) is 0. The van der Waals surface area contributed by atoms with Gasteiger partial charge < -0.3 is 0 Å². The Labute approximate surface area is 121 Å². The van der Waals surface area contributed by atoms with Gasteiger partial charge in [-0.25, -0.2) is 0 Å². The van der Waals surface area contributed by atoms with Crippen LogP contribution in [0.2, 0.25) is 0 Å². The van der Waals surface area contributed by atoms with Crippen LogP contribution in [0.5, 0.6) is 0 Å². The van der Waals surface area contributed by atoms with E-state index in [2.05, 4.69) is 41.5 Å². The Morgan fingerprint density at radius 1 is 0.895 bits per heavy atom. The lowest BCUT2D eigenvalue weighted by atomic mass is 9.47. The van der Waals surface area contributed by atoms with Crippen LogP contribution in [0.15, 0.2) is 0 Å². The minimum atomic E-state index is 0.487. The molecule has 3 fully saturated rings. The molecule has 0 heterocycles. The van der Waals surface area contributed by atoms with Crippen LogP contribution in [0.3, 0.4) is 0 Å². The molecule has 0 nitrogen and oxygen atoms in total. The highest BCUT2D eigenvalue weighted by Gasteiger charge is 2.51. The van der Waals surface area contributed by atoms with Crippen molar-refractivity contribution in [3.8, 4) is 0 Å². The third-order valence-electron chi connectivity index (χ3n) is 6.63. The topological polar surface area (TPSA) is 0 Å². The molecular formula is C19H36. The van der Waals surface area contributed by atoms with E-state index in [1.54, 1.807) is 0 Å². The predicted octanol–water partition coefficient (Wildman–Crippen LogP) is 6.45. The van der Waals surface area contributed by atoms with Gasteiger partial charge in [-0.2, -0.15) is 0 Å². The molecule has 0 aromatic rings. The highest BCUT2D eigenvalue weighted by atomic mass is 14.6. The van der Waals surface area contributed by atoms with Gasteiger partial charge in [0.25, 0.3) is 0 Å². The monoisotopic (exact) mass is 264 g/mol. The maximum atomic E-state index is 2.47. The summed E-state index contributed by atoms with van der Waals surface area (Å²) in [6.45, 7) is 14.7. The second-order valence-corrected chi connectivity index (χ2v) is 9.33. The van der Waals surface area contributed by atoms with E-state index in [1.165, 1.54) is 51.4 Å². The summed E-state index contributed by atoms with van der Waals surface area (Å²) in [6.07, 6.45) is 12.0. The van der Waals surface area contributed by atoms with Gasteiger partial charge >= 0.3 is 0 Å². The molecule has 3 rings (SSSR count). The van der Waals surface area contributed by atoms with Crippen molar-refractivity contribution in [2.75, 3.05) is 0 Å². The molecule has 3 aliphatic carbocycles. The van der Waals surface area contributed by atoms with Crippen LogP contribution in [-0.4, -0.2) is 0 Å². The Hall–Kier alpha value is 0. The van der Waals surface area contributed by atoms with Gasteiger partial charge in [0.15, 0.2) is 0 Å². The molecular weight excluding hydrogens is 228 g/mol. The summed E-state index contributed by atoms with van der Waals surface area (Å²) in [7, 11) is 0. The van der Waals surface area contributed by atoms with Crippen LogP contribution in [0.25, 0.3) is 0 Å². The predicted molar refractivity (Wildman–Crippen MR) is 85.3 cm³/mol. The van der Waals surface area contributed by atoms with Crippen molar-refractivity contribution in [3.05, 3.63) is 0 Å². The second kappa shape index (κ2) is 5.08. The van der Waals surface area contributed by atoms with Crippen LogP contribution in [0, 0.1) is 28.1 Å². The molecule has 1 atom stereocenters. The van der Waals surface area contributed by atoms with Crippen molar-refractivity contribution in [2.45, 2.75) is 92.9 Å². The normalized spacial score (nSPS) is 36.8. The van der Waals surface area contributed by atoms with E-state index in [1.807, 2.05) is 0 Å². The zero-order valence-corrected chi connectivity index (χ0v) is 14.3. The Kier molecular flexibility index (Phi) is 4.11. The van der Waals surface area contributed by atoms with E-state index >= 15 is 0 Å². The maximum Gasteiger partial charge on any atom is -0.0266 e. The van der Waals surface area contributed by atoms with Crippen LogP contribution in [0.4, 0.5) is 0 Å². The summed E-state index contributed by atoms with van der Waals surface area (Å²) in [6, 6.07) is 0. The van der Waals surface area contributed by atoms with E-state index in [0.717, 1.165) is 17.3 Å². The molecule has 0 saturated heterocycles. The van der Waals surface area contributed by atoms with Gasteiger partial charge in [0.1, 0.15) is 0 Å². The summed E-state index contributed by atoms with van der Waals surface area (Å²) < 4.78 is 0. The number of fused-ring (bicyclic) bond motifs is 3. The minimum absolute atomic E-state index is 0.487. The van der Waals surface area contributed by atoms with Gasteiger partial charge in [0.05, 0.1) is 0 Å². The highest BCUT2D eigenvalue weighted by Crippen LogP contribution is 2.63. The molecule has 0 spiro atoms. The molecule has 19 heavy (non-hydrogen) atoms. The molecule has 3 aliphatic rings. The lowest BCUT2D eigenvalue weighted by Gasteiger charge is -2.58. The Balaban J connectivity index is 2.15. The molecule has 0 aromatic heterocycles. The molecule has 3 saturated carbocycles. The van der Waals surface area contributed by atoms with Gasteiger partial charge in [-0.05, 0) is 73.0 Å². The van der Waals surface area contributed by atoms with E-state index in [4.69, 9.17) is 0 Å². The smallest absolute Gasteiger partial charge is 0.0266 e. The Morgan fingerprint density at radius 2 is 1.37 bits per heavy atom. The fourth-order valence-corrected chi connectivity index (χ4v) is 5.20. The molecule has 0 N–H and O–H groups in total. The standard InChI is InChI=1S/C19H36/c1-7-18-8-11-19(12-9-18,13-10-18)16(15(2)3)14-17(4,5)6/h15-16H,7-14H2,1-6H3. The fraction of sp³-hybridized carbons (Fsp3) is 1.00. The average Bonchev–Trinajstić information content (AvgIpc) is 2.37. The number of rotatable bonds is 4. The lowest BCUT2D eigenvalue weighted by molar-refractivity contribution is -0.0730. The third kappa shape index (κ3) is 3.03. The molecule has 0 heteroatoms. The van der Waals surface area contributed by atoms with Gasteiger partial charge in [-0.1, -0.05) is 48.0 Å². The first-order valence-electron chi connectivity index (χ1n) is 8.72. The van der Waals surface area contributed by atoms with Gasteiger partial charge in [-0.3, -0.25) is 0 Å². The zero-order valence-electron chi connectivity index (χ0n) is 14.3. The van der Waals surface area contributed by atoms with Crippen LogP contribution in [0.1, 0.15) is 92.9 Å². The van der Waals surface area contributed by atoms with E-state index in [-0.39, 0.29) is 0 Å². The lowest BCUT2D eigenvalue weighted by Crippen LogP contribution is -2.47. The largest absolute Gasteiger partial charge is 0.0649 e. The molecule has 0 aliphatic heterocycles. The first-order chi connectivity index (χ1) is 8.72. The Bertz CT molecular complexity index is 280. The first kappa shape index (κ1) is 15.4. The van der Waals surface area contributed by atoms with E-state index < -0.39 is 0 Å². The summed E-state index contributed by atoms with van der Waals surface area (Å²) in [4.78, 5) is 0. The number of hydrogen-bond donors (Lipinski definition) is 0. The van der Waals surface area contributed by atoms with Gasteiger partial charge in [0.2, 0.25) is 0 Å². The quantitative estimate of drug-likeness (QED) is 0.547. The second-order valence-electron chi connectivity index (χ2n) is 9.33. The Morgan fingerprint density at radius 3 is 1.68 bits per heavy atom. The zero-order chi connectivity index (χ0) is 14.3. The average molecular weight is 264 g/mol. The molecule has 0 aromatic carbocycles. The fourth-order valence-electron chi connectivity index (χ4n) is 5.20. The molecule has 112 valence electrons. The summed E-state index contributed by atoms with van der Waals surface area (Å²) in [5.41, 5.74) is 1.95. The summed E-state index contributed by atoms with van der Waals surface area (Å²) in [5.74, 6) is 1.80. The van der Waals surface area contributed by atoms with Crippen molar-refractivity contribution >= 4 is 0 Å². The molecule has 2 bridgehead atoms. The highest BCUT2D eigenvalue weighted by molar-refractivity contribution is 5.02. The first-order valence-corrected chi connectivity index (χ1v) is 8.72. The summed E-state index contributed by atoms with van der Waals surface area (Å²) in [5, 5.41) is 0. The summed E-state index contributed by atoms with van der Waals surface area (Å²) >= 11 is 0. The molecule has 1 unspecified atom stereocenters. The third-order valence-corrected chi connectivity index (χ3v) is 6.63. The molecule has 0 amide bonds. The van der Waals surface area contributed by atoms with Crippen LogP contribution >= 0.6 is 0 Å². The van der Waals surface area contributed by atoms with E-state index in [0.29, 0.717) is 10.8 Å². The van der Waals surface area contributed by atoms with E-state index in [9.17, 15) is 0 Å².